The molecule has 0 radical (unpaired) electrons. The lowest BCUT2D eigenvalue weighted by atomic mass is 10.4. The molecule has 6 heteroatoms. The molecule has 0 saturated carbocycles. The monoisotopic (exact) mass is 197 g/mol. The maximum absolute atomic E-state index is 5.58. The van der Waals surface area contributed by atoms with Gasteiger partial charge in [-0.1, -0.05) is 5.16 Å². The normalized spacial score (nSPS) is 12.1. The second-order valence-electron chi connectivity index (χ2n) is 3.24. The van der Waals surface area contributed by atoms with E-state index in [0.29, 0.717) is 24.2 Å². The van der Waals surface area contributed by atoms with E-state index < -0.39 is 0 Å². The van der Waals surface area contributed by atoms with E-state index in [1.807, 2.05) is 13.8 Å². The van der Waals surface area contributed by atoms with Crippen molar-refractivity contribution in [3.63, 3.8) is 0 Å². The summed E-state index contributed by atoms with van der Waals surface area (Å²) >= 11 is 0. The molecule has 0 amide bonds. The van der Waals surface area contributed by atoms with E-state index in [-0.39, 0.29) is 6.04 Å². The van der Waals surface area contributed by atoms with Crippen molar-refractivity contribution in [2.45, 2.75) is 33.4 Å². The van der Waals surface area contributed by atoms with Crippen molar-refractivity contribution in [3.8, 4) is 0 Å². The van der Waals surface area contributed by atoms with Gasteiger partial charge >= 0.3 is 0 Å². The van der Waals surface area contributed by atoms with Crippen LogP contribution >= 0.6 is 0 Å². The molecule has 0 aliphatic rings. The highest BCUT2D eigenvalue weighted by molar-refractivity contribution is 5.77. The van der Waals surface area contributed by atoms with Gasteiger partial charge in [-0.05, 0) is 20.8 Å². The number of rotatable bonds is 3. The van der Waals surface area contributed by atoms with Gasteiger partial charge in [0.1, 0.15) is 6.54 Å². The van der Waals surface area contributed by atoms with E-state index in [1.54, 1.807) is 6.92 Å². The summed E-state index contributed by atoms with van der Waals surface area (Å²) in [5, 5.41) is 6.60. The molecule has 0 aromatic carbocycles. The molecule has 1 aromatic rings. The summed E-state index contributed by atoms with van der Waals surface area (Å²) in [6, 6.07) is 0.267. The van der Waals surface area contributed by atoms with Crippen molar-refractivity contribution in [1.29, 1.82) is 0 Å². The van der Waals surface area contributed by atoms with Crippen molar-refractivity contribution in [2.24, 2.45) is 10.7 Å². The van der Waals surface area contributed by atoms with E-state index in [2.05, 4.69) is 20.4 Å². The molecule has 0 unspecified atom stereocenters. The van der Waals surface area contributed by atoms with E-state index in [0.717, 1.165) is 0 Å². The van der Waals surface area contributed by atoms with Gasteiger partial charge in [0.15, 0.2) is 11.8 Å². The maximum Gasteiger partial charge on any atom is 0.248 e. The highest BCUT2D eigenvalue weighted by Crippen LogP contribution is 1.96. The molecule has 6 nitrogen and oxygen atoms in total. The third kappa shape index (κ3) is 3.42. The molecule has 0 atom stereocenters. The average molecular weight is 197 g/mol. The van der Waals surface area contributed by atoms with Crippen LogP contribution in [0.1, 0.15) is 25.6 Å². The molecule has 0 aliphatic carbocycles. The molecule has 14 heavy (non-hydrogen) atoms. The van der Waals surface area contributed by atoms with Crippen LogP contribution in [0.2, 0.25) is 0 Å². The highest BCUT2D eigenvalue weighted by Gasteiger charge is 2.01. The van der Waals surface area contributed by atoms with Gasteiger partial charge in [0.2, 0.25) is 5.89 Å². The first-order chi connectivity index (χ1) is 6.58. The van der Waals surface area contributed by atoms with Crippen molar-refractivity contribution >= 4 is 5.96 Å². The first-order valence-electron chi connectivity index (χ1n) is 4.43. The zero-order valence-corrected chi connectivity index (χ0v) is 8.61. The molecular formula is C8H15N5O. The molecule has 1 aromatic heterocycles. The Morgan fingerprint density at radius 3 is 2.86 bits per heavy atom. The molecule has 1 rings (SSSR count). The fourth-order valence-electron chi connectivity index (χ4n) is 0.898. The lowest BCUT2D eigenvalue weighted by molar-refractivity contribution is 0.376. The Morgan fingerprint density at radius 1 is 1.64 bits per heavy atom. The SMILES string of the molecule is Cc1noc(CN=C(N)NC(C)C)n1. The Balaban J connectivity index is 2.46. The minimum absolute atomic E-state index is 0.267. The molecule has 0 saturated heterocycles. The van der Waals surface area contributed by atoms with Crippen LogP contribution in [0, 0.1) is 6.92 Å². The number of nitrogens with one attached hydrogen (secondary N) is 1. The Bertz CT molecular complexity index is 317. The van der Waals surface area contributed by atoms with Gasteiger partial charge < -0.3 is 15.6 Å². The van der Waals surface area contributed by atoms with E-state index in [9.17, 15) is 0 Å². The summed E-state index contributed by atoms with van der Waals surface area (Å²) in [4.78, 5) is 8.03. The number of aliphatic imine (C=N–C) groups is 1. The third-order valence-corrected chi connectivity index (χ3v) is 1.39. The number of nitrogens with zero attached hydrogens (tertiary/aromatic N) is 3. The molecule has 3 N–H and O–H groups in total. The van der Waals surface area contributed by atoms with Crippen LogP contribution in [-0.4, -0.2) is 22.1 Å². The number of guanidine groups is 1. The zero-order chi connectivity index (χ0) is 10.6. The molecule has 0 aliphatic heterocycles. The molecule has 78 valence electrons. The van der Waals surface area contributed by atoms with Gasteiger partial charge in [-0.3, -0.25) is 0 Å². The van der Waals surface area contributed by atoms with Gasteiger partial charge in [0, 0.05) is 6.04 Å². The van der Waals surface area contributed by atoms with Gasteiger partial charge in [-0.2, -0.15) is 4.98 Å². The minimum atomic E-state index is 0.267. The first kappa shape index (κ1) is 10.5. The molecule has 1 heterocycles. The van der Waals surface area contributed by atoms with Crippen molar-refractivity contribution in [1.82, 2.24) is 15.5 Å². The summed E-state index contributed by atoms with van der Waals surface area (Å²) in [5.74, 6) is 1.46. The number of hydrogen-bond acceptors (Lipinski definition) is 4. The summed E-state index contributed by atoms with van der Waals surface area (Å²) in [6.07, 6.45) is 0. The van der Waals surface area contributed by atoms with Crippen LogP contribution < -0.4 is 11.1 Å². The summed E-state index contributed by atoms with van der Waals surface area (Å²) < 4.78 is 4.87. The van der Waals surface area contributed by atoms with Gasteiger partial charge in [0.25, 0.3) is 0 Å². The fourth-order valence-corrected chi connectivity index (χ4v) is 0.898. The molecular weight excluding hydrogens is 182 g/mol. The predicted octanol–water partition coefficient (Wildman–Crippen LogP) is 0.191. The van der Waals surface area contributed by atoms with Crippen LogP contribution in [0.15, 0.2) is 9.52 Å². The summed E-state index contributed by atoms with van der Waals surface area (Å²) in [7, 11) is 0. The summed E-state index contributed by atoms with van der Waals surface area (Å²) in [6.45, 7) is 6.04. The van der Waals surface area contributed by atoms with E-state index >= 15 is 0 Å². The van der Waals surface area contributed by atoms with Crippen LogP contribution in [-0.2, 0) is 6.54 Å². The number of nitrogens with two attached hydrogens (primary N) is 1. The molecule has 0 spiro atoms. The zero-order valence-electron chi connectivity index (χ0n) is 8.61. The lowest BCUT2D eigenvalue weighted by Gasteiger charge is -2.07. The second kappa shape index (κ2) is 4.59. The number of aromatic nitrogens is 2. The average Bonchev–Trinajstić information content (AvgIpc) is 2.47. The minimum Gasteiger partial charge on any atom is -0.370 e. The van der Waals surface area contributed by atoms with E-state index in [1.165, 1.54) is 0 Å². The number of aryl methyl sites for hydroxylation is 1. The van der Waals surface area contributed by atoms with E-state index in [4.69, 9.17) is 10.3 Å². The van der Waals surface area contributed by atoms with Crippen molar-refractivity contribution in [3.05, 3.63) is 11.7 Å². The second-order valence-corrected chi connectivity index (χ2v) is 3.24. The third-order valence-electron chi connectivity index (χ3n) is 1.39. The van der Waals surface area contributed by atoms with Crippen LogP contribution in [0.5, 0.6) is 0 Å². The quantitative estimate of drug-likeness (QED) is 0.533. The fraction of sp³-hybridized carbons (Fsp3) is 0.625. The largest absolute Gasteiger partial charge is 0.370 e. The topological polar surface area (TPSA) is 89.3 Å². The molecule has 0 fully saturated rings. The smallest absolute Gasteiger partial charge is 0.248 e. The summed E-state index contributed by atoms with van der Waals surface area (Å²) in [5.41, 5.74) is 5.58. The Labute approximate surface area is 82.6 Å². The number of hydrogen-bond donors (Lipinski definition) is 2. The van der Waals surface area contributed by atoms with Gasteiger partial charge in [0.05, 0.1) is 0 Å². The van der Waals surface area contributed by atoms with Gasteiger partial charge in [-0.25, -0.2) is 4.99 Å². The predicted molar refractivity (Wildman–Crippen MR) is 52.6 cm³/mol. The van der Waals surface area contributed by atoms with Gasteiger partial charge in [-0.15, -0.1) is 0 Å². The lowest BCUT2D eigenvalue weighted by Crippen LogP contribution is -2.36. The highest BCUT2D eigenvalue weighted by atomic mass is 16.5. The van der Waals surface area contributed by atoms with Crippen molar-refractivity contribution in [2.75, 3.05) is 0 Å². The molecule has 0 bridgehead atoms. The van der Waals surface area contributed by atoms with Crippen LogP contribution in [0.4, 0.5) is 0 Å². The Hall–Kier alpha value is -1.59. The van der Waals surface area contributed by atoms with Crippen molar-refractivity contribution < 1.29 is 4.52 Å². The van der Waals surface area contributed by atoms with Crippen LogP contribution in [0.25, 0.3) is 0 Å². The first-order valence-corrected chi connectivity index (χ1v) is 4.43. The standard InChI is InChI=1S/C8H15N5O/c1-5(2)11-8(9)10-4-7-12-6(3)13-14-7/h5H,4H2,1-3H3,(H3,9,10,11). The maximum atomic E-state index is 5.58. The van der Waals surface area contributed by atoms with Crippen LogP contribution in [0.3, 0.4) is 0 Å². The Kier molecular flexibility index (Phi) is 3.44. The Morgan fingerprint density at radius 2 is 2.36 bits per heavy atom.